The van der Waals surface area contributed by atoms with E-state index in [-0.39, 0.29) is 0 Å². The maximum Gasteiger partial charge on any atom is 0.000387 e. The lowest BCUT2D eigenvalue weighted by atomic mass is 10.0. The fourth-order valence-electron chi connectivity index (χ4n) is 2.04. The number of nitrogens with zero attached hydrogens (tertiary/aromatic N) is 1. The van der Waals surface area contributed by atoms with E-state index in [4.69, 9.17) is 0 Å². The van der Waals surface area contributed by atoms with Crippen LogP contribution in [0, 0.1) is 11.8 Å². The molecule has 0 radical (unpaired) electrons. The third-order valence-electron chi connectivity index (χ3n) is 3.39. The van der Waals surface area contributed by atoms with E-state index in [2.05, 4.69) is 39.6 Å². The van der Waals surface area contributed by atoms with Crippen molar-refractivity contribution in [1.82, 2.24) is 4.90 Å². The van der Waals surface area contributed by atoms with Gasteiger partial charge in [-0.05, 0) is 31.8 Å². The number of hydrogen-bond acceptors (Lipinski definition) is 1. The molecule has 0 amide bonds. The fraction of sp³-hybridized carbons (Fsp3) is 1.00. The van der Waals surface area contributed by atoms with Crippen LogP contribution in [0.1, 0.15) is 66.2 Å². The summed E-state index contributed by atoms with van der Waals surface area (Å²) in [5.74, 6) is 1.74. The molecule has 0 saturated carbocycles. The van der Waals surface area contributed by atoms with E-state index in [1.807, 2.05) is 0 Å². The zero-order valence-corrected chi connectivity index (χ0v) is 12.3. The molecule has 0 aromatic rings. The molecule has 0 aliphatic carbocycles. The Morgan fingerprint density at radius 1 is 0.938 bits per heavy atom. The van der Waals surface area contributed by atoms with Gasteiger partial charge in [0.1, 0.15) is 0 Å². The monoisotopic (exact) mass is 227 g/mol. The number of unbranched alkanes of at least 4 members (excludes halogenated alkanes) is 3. The minimum atomic E-state index is 0.853. The van der Waals surface area contributed by atoms with Crippen molar-refractivity contribution in [2.75, 3.05) is 20.1 Å². The first-order valence-corrected chi connectivity index (χ1v) is 7.24. The van der Waals surface area contributed by atoms with Crippen molar-refractivity contribution in [3.8, 4) is 0 Å². The molecule has 1 unspecified atom stereocenters. The largest absolute Gasteiger partial charge is 0.306 e. The predicted octanol–water partition coefficient (Wildman–Crippen LogP) is 4.57. The molecule has 1 heteroatoms. The van der Waals surface area contributed by atoms with Gasteiger partial charge in [-0.1, -0.05) is 59.8 Å². The Labute approximate surface area is 104 Å². The highest BCUT2D eigenvalue weighted by Crippen LogP contribution is 2.10. The van der Waals surface area contributed by atoms with Gasteiger partial charge in [0.2, 0.25) is 0 Å². The Hall–Kier alpha value is -0.0400. The van der Waals surface area contributed by atoms with Crippen LogP contribution < -0.4 is 0 Å². The lowest BCUT2D eigenvalue weighted by molar-refractivity contribution is 0.275. The molecule has 0 fully saturated rings. The lowest BCUT2D eigenvalue weighted by Crippen LogP contribution is -2.25. The molecule has 0 aromatic heterocycles. The number of rotatable bonds is 10. The van der Waals surface area contributed by atoms with Gasteiger partial charge in [-0.2, -0.15) is 0 Å². The van der Waals surface area contributed by atoms with E-state index >= 15 is 0 Å². The predicted molar refractivity (Wildman–Crippen MR) is 74.9 cm³/mol. The van der Waals surface area contributed by atoms with Crippen LogP contribution in [0.15, 0.2) is 0 Å². The van der Waals surface area contributed by atoms with Gasteiger partial charge in [-0.25, -0.2) is 0 Å². The van der Waals surface area contributed by atoms with E-state index in [0.29, 0.717) is 0 Å². The summed E-state index contributed by atoms with van der Waals surface area (Å²) in [6, 6.07) is 0. The van der Waals surface area contributed by atoms with Crippen LogP contribution in [0.3, 0.4) is 0 Å². The number of hydrogen-bond donors (Lipinski definition) is 0. The Morgan fingerprint density at radius 3 is 2.12 bits per heavy atom. The average molecular weight is 227 g/mol. The summed E-state index contributed by atoms with van der Waals surface area (Å²) in [5.41, 5.74) is 0. The highest BCUT2D eigenvalue weighted by Gasteiger charge is 2.03. The SMILES string of the molecule is CCC(C)CN(C)CCCCCCC(C)C. The first-order valence-electron chi connectivity index (χ1n) is 7.24. The van der Waals surface area contributed by atoms with Gasteiger partial charge in [-0.15, -0.1) is 0 Å². The Morgan fingerprint density at radius 2 is 1.56 bits per heavy atom. The van der Waals surface area contributed by atoms with Crippen LogP contribution in [0.4, 0.5) is 0 Å². The molecule has 0 aliphatic heterocycles. The summed E-state index contributed by atoms with van der Waals surface area (Å²) in [4.78, 5) is 2.50. The Balaban J connectivity index is 3.24. The third kappa shape index (κ3) is 10.5. The van der Waals surface area contributed by atoms with Crippen LogP contribution in [0.2, 0.25) is 0 Å². The fourth-order valence-corrected chi connectivity index (χ4v) is 2.04. The lowest BCUT2D eigenvalue weighted by Gasteiger charge is -2.20. The molecular weight excluding hydrogens is 194 g/mol. The molecule has 1 atom stereocenters. The van der Waals surface area contributed by atoms with E-state index in [9.17, 15) is 0 Å². The van der Waals surface area contributed by atoms with Gasteiger partial charge in [-0.3, -0.25) is 0 Å². The van der Waals surface area contributed by atoms with Crippen LogP contribution in [-0.4, -0.2) is 25.0 Å². The van der Waals surface area contributed by atoms with Crippen LogP contribution >= 0.6 is 0 Å². The van der Waals surface area contributed by atoms with Crippen molar-refractivity contribution in [2.45, 2.75) is 66.2 Å². The third-order valence-corrected chi connectivity index (χ3v) is 3.39. The first kappa shape index (κ1) is 16.0. The highest BCUT2D eigenvalue weighted by atomic mass is 15.1. The van der Waals surface area contributed by atoms with Crippen molar-refractivity contribution in [1.29, 1.82) is 0 Å². The van der Waals surface area contributed by atoms with Gasteiger partial charge < -0.3 is 4.90 Å². The molecule has 0 N–H and O–H groups in total. The van der Waals surface area contributed by atoms with Crippen molar-refractivity contribution in [2.24, 2.45) is 11.8 Å². The minimum Gasteiger partial charge on any atom is -0.306 e. The molecule has 0 heterocycles. The first-order chi connectivity index (χ1) is 7.56. The summed E-state index contributed by atoms with van der Waals surface area (Å²) >= 11 is 0. The van der Waals surface area contributed by atoms with E-state index in [0.717, 1.165) is 11.8 Å². The van der Waals surface area contributed by atoms with Crippen molar-refractivity contribution < 1.29 is 0 Å². The summed E-state index contributed by atoms with van der Waals surface area (Å²) in [5, 5.41) is 0. The topological polar surface area (TPSA) is 3.24 Å². The smallest absolute Gasteiger partial charge is 0.000387 e. The van der Waals surface area contributed by atoms with Crippen LogP contribution in [0.5, 0.6) is 0 Å². The molecule has 0 bridgehead atoms. The molecule has 0 spiro atoms. The highest BCUT2D eigenvalue weighted by molar-refractivity contribution is 4.58. The molecule has 1 nitrogen and oxygen atoms in total. The second-order valence-electron chi connectivity index (χ2n) is 5.87. The van der Waals surface area contributed by atoms with E-state index in [1.54, 1.807) is 0 Å². The maximum atomic E-state index is 2.50. The van der Waals surface area contributed by atoms with Gasteiger partial charge in [0.05, 0.1) is 0 Å². The molecule has 0 rings (SSSR count). The van der Waals surface area contributed by atoms with Crippen molar-refractivity contribution in [3.05, 3.63) is 0 Å². The van der Waals surface area contributed by atoms with Crippen LogP contribution in [0.25, 0.3) is 0 Å². The van der Waals surface area contributed by atoms with Gasteiger partial charge in [0.25, 0.3) is 0 Å². The van der Waals surface area contributed by atoms with Crippen LogP contribution in [-0.2, 0) is 0 Å². The van der Waals surface area contributed by atoms with Crippen molar-refractivity contribution >= 4 is 0 Å². The molecule has 0 saturated heterocycles. The quantitative estimate of drug-likeness (QED) is 0.494. The summed E-state index contributed by atoms with van der Waals surface area (Å²) < 4.78 is 0. The van der Waals surface area contributed by atoms with E-state index in [1.165, 1.54) is 51.6 Å². The van der Waals surface area contributed by atoms with Gasteiger partial charge >= 0.3 is 0 Å². The zero-order valence-electron chi connectivity index (χ0n) is 12.3. The normalized spacial score (nSPS) is 13.7. The summed E-state index contributed by atoms with van der Waals surface area (Å²) in [7, 11) is 2.26. The molecule has 0 aromatic carbocycles. The van der Waals surface area contributed by atoms with Crippen molar-refractivity contribution in [3.63, 3.8) is 0 Å². The summed E-state index contributed by atoms with van der Waals surface area (Å²) in [6.45, 7) is 11.8. The average Bonchev–Trinajstić information content (AvgIpc) is 2.22. The Bertz CT molecular complexity index is 142. The molecular formula is C15H33N. The van der Waals surface area contributed by atoms with Gasteiger partial charge in [0.15, 0.2) is 0 Å². The van der Waals surface area contributed by atoms with Gasteiger partial charge in [0, 0.05) is 6.54 Å². The summed E-state index contributed by atoms with van der Waals surface area (Å²) in [6.07, 6.45) is 8.35. The minimum absolute atomic E-state index is 0.853. The second-order valence-corrected chi connectivity index (χ2v) is 5.87. The maximum absolute atomic E-state index is 2.50. The molecule has 16 heavy (non-hydrogen) atoms. The molecule has 0 aliphatic rings. The Kier molecular flexibility index (Phi) is 10.1. The standard InChI is InChI=1S/C15H33N/c1-6-15(4)13-16(5)12-10-8-7-9-11-14(2)3/h14-15H,6-13H2,1-5H3. The zero-order chi connectivity index (χ0) is 12.4. The second kappa shape index (κ2) is 10.1. The molecule has 98 valence electrons. The van der Waals surface area contributed by atoms with E-state index < -0.39 is 0 Å².